The number of aromatic nitrogens is 2. The van der Waals surface area contributed by atoms with Crippen LogP contribution in [0.25, 0.3) is 0 Å². The first-order valence-corrected chi connectivity index (χ1v) is 7.13. The number of nitrogens with zero attached hydrogens (tertiary/aromatic N) is 2. The van der Waals surface area contributed by atoms with E-state index in [0.717, 1.165) is 13.0 Å². The summed E-state index contributed by atoms with van der Waals surface area (Å²) in [6.07, 6.45) is 2.43. The van der Waals surface area contributed by atoms with E-state index in [9.17, 15) is 0 Å². The van der Waals surface area contributed by atoms with Gasteiger partial charge in [0.2, 0.25) is 5.88 Å². The lowest BCUT2D eigenvalue weighted by molar-refractivity contribution is 0.234. The van der Waals surface area contributed by atoms with Gasteiger partial charge in [0.1, 0.15) is 12.0 Å². The second-order valence-corrected chi connectivity index (χ2v) is 5.20. The van der Waals surface area contributed by atoms with Crippen LogP contribution in [0, 0.1) is 0 Å². The van der Waals surface area contributed by atoms with E-state index in [-0.39, 0.29) is 6.10 Å². The zero-order chi connectivity index (χ0) is 13.7. The molecule has 2 aromatic heterocycles. The quantitative estimate of drug-likeness (QED) is 0.849. The fourth-order valence-corrected chi connectivity index (χ4v) is 2.30. The monoisotopic (exact) mass is 278 g/mol. The maximum absolute atomic E-state index is 5.98. The van der Waals surface area contributed by atoms with Crippen LogP contribution in [0.5, 0.6) is 5.88 Å². The third-order valence-electron chi connectivity index (χ3n) is 2.48. The van der Waals surface area contributed by atoms with Crippen LogP contribution in [-0.2, 0) is 6.42 Å². The first kappa shape index (κ1) is 13.6. The van der Waals surface area contributed by atoms with Crippen molar-refractivity contribution < 1.29 is 4.74 Å². The first-order valence-electron chi connectivity index (χ1n) is 6.19. The molecule has 5 nitrogen and oxygen atoms in total. The summed E-state index contributed by atoms with van der Waals surface area (Å²) in [5.41, 5.74) is 7.75. The Morgan fingerprint density at radius 2 is 2.26 bits per heavy atom. The van der Waals surface area contributed by atoms with E-state index in [4.69, 9.17) is 10.5 Å². The van der Waals surface area contributed by atoms with Crippen molar-refractivity contribution in [2.45, 2.75) is 26.4 Å². The average Bonchev–Trinajstić information content (AvgIpc) is 2.86. The van der Waals surface area contributed by atoms with Gasteiger partial charge >= 0.3 is 0 Å². The molecule has 102 valence electrons. The Kier molecular flexibility index (Phi) is 4.57. The lowest BCUT2D eigenvalue weighted by Crippen LogP contribution is -2.13. The van der Waals surface area contributed by atoms with Crippen LogP contribution in [0.4, 0.5) is 11.5 Å². The number of nitrogens with one attached hydrogen (secondary N) is 1. The summed E-state index contributed by atoms with van der Waals surface area (Å²) in [7, 11) is 0. The second-order valence-electron chi connectivity index (χ2n) is 4.42. The zero-order valence-corrected chi connectivity index (χ0v) is 11.9. The molecule has 0 fully saturated rings. The lowest BCUT2D eigenvalue weighted by atomic mass is 10.2. The van der Waals surface area contributed by atoms with E-state index in [1.807, 2.05) is 13.8 Å². The summed E-state index contributed by atoms with van der Waals surface area (Å²) < 4.78 is 5.52. The third-order valence-corrected chi connectivity index (χ3v) is 3.21. The van der Waals surface area contributed by atoms with Gasteiger partial charge in [0.05, 0.1) is 6.10 Å². The van der Waals surface area contributed by atoms with Gasteiger partial charge in [-0.05, 0) is 42.7 Å². The molecule has 0 amide bonds. The lowest BCUT2D eigenvalue weighted by Gasteiger charge is -2.13. The topological polar surface area (TPSA) is 73.1 Å². The Morgan fingerprint density at radius 1 is 1.42 bits per heavy atom. The summed E-state index contributed by atoms with van der Waals surface area (Å²) in [6, 6.07) is 2.11. The molecule has 0 aromatic carbocycles. The third kappa shape index (κ3) is 3.82. The molecule has 0 saturated carbocycles. The molecule has 2 heterocycles. The van der Waals surface area contributed by atoms with Gasteiger partial charge in [-0.3, -0.25) is 0 Å². The zero-order valence-electron chi connectivity index (χ0n) is 11.1. The number of nitrogen functional groups attached to an aromatic ring is 1. The standard InChI is InChI=1S/C13H18N4OS/c1-9(2)18-13-11(14)12(16-8-17-13)15-5-3-10-4-6-19-7-10/h4,6-9H,3,5,14H2,1-2H3,(H,15,16,17). The number of thiophene rings is 1. The predicted octanol–water partition coefficient (Wildman–Crippen LogP) is 2.56. The highest BCUT2D eigenvalue weighted by Crippen LogP contribution is 2.25. The molecule has 6 heteroatoms. The smallest absolute Gasteiger partial charge is 0.242 e. The van der Waals surface area contributed by atoms with E-state index in [1.165, 1.54) is 11.9 Å². The molecule has 0 atom stereocenters. The van der Waals surface area contributed by atoms with Gasteiger partial charge in [0, 0.05) is 6.54 Å². The van der Waals surface area contributed by atoms with E-state index in [0.29, 0.717) is 17.4 Å². The molecule has 0 aliphatic carbocycles. The minimum Gasteiger partial charge on any atom is -0.473 e. The summed E-state index contributed by atoms with van der Waals surface area (Å²) in [4.78, 5) is 8.18. The van der Waals surface area contributed by atoms with Crippen LogP contribution in [0.3, 0.4) is 0 Å². The molecule has 3 N–H and O–H groups in total. The second kappa shape index (κ2) is 6.38. The number of nitrogens with two attached hydrogens (primary N) is 1. The van der Waals surface area contributed by atoms with Crippen LogP contribution in [-0.4, -0.2) is 22.6 Å². The highest BCUT2D eigenvalue weighted by atomic mass is 32.1. The predicted molar refractivity (Wildman–Crippen MR) is 78.7 cm³/mol. The molecule has 2 aromatic rings. The molecule has 0 unspecified atom stereocenters. The van der Waals surface area contributed by atoms with Gasteiger partial charge in [-0.1, -0.05) is 0 Å². The molecule has 2 rings (SSSR count). The van der Waals surface area contributed by atoms with E-state index < -0.39 is 0 Å². The molecule has 0 saturated heterocycles. The highest BCUT2D eigenvalue weighted by Gasteiger charge is 2.10. The van der Waals surface area contributed by atoms with Crippen molar-refractivity contribution in [1.29, 1.82) is 0 Å². The normalized spacial score (nSPS) is 10.7. The minimum atomic E-state index is 0.0378. The summed E-state index contributed by atoms with van der Waals surface area (Å²) in [6.45, 7) is 4.65. The Labute approximate surface area is 116 Å². The maximum Gasteiger partial charge on any atom is 0.242 e. The Bertz CT molecular complexity index is 513. The number of hydrogen-bond donors (Lipinski definition) is 2. The van der Waals surface area contributed by atoms with Gasteiger partial charge in [0.15, 0.2) is 5.82 Å². The van der Waals surface area contributed by atoms with Gasteiger partial charge in [-0.25, -0.2) is 4.98 Å². The Hall–Kier alpha value is -1.82. The van der Waals surface area contributed by atoms with E-state index >= 15 is 0 Å². The number of anilines is 2. The van der Waals surface area contributed by atoms with Crippen molar-refractivity contribution >= 4 is 22.8 Å². The van der Waals surface area contributed by atoms with Gasteiger partial charge in [-0.15, -0.1) is 0 Å². The molecular weight excluding hydrogens is 260 g/mol. The van der Waals surface area contributed by atoms with Crippen molar-refractivity contribution in [3.63, 3.8) is 0 Å². The molecule has 0 aliphatic rings. The molecule has 19 heavy (non-hydrogen) atoms. The molecule has 0 bridgehead atoms. The Balaban J connectivity index is 1.96. The molecule has 0 radical (unpaired) electrons. The minimum absolute atomic E-state index is 0.0378. The van der Waals surface area contributed by atoms with Crippen molar-refractivity contribution in [2.75, 3.05) is 17.6 Å². The molecule has 0 spiro atoms. The number of hydrogen-bond acceptors (Lipinski definition) is 6. The van der Waals surface area contributed by atoms with Crippen molar-refractivity contribution in [2.24, 2.45) is 0 Å². The average molecular weight is 278 g/mol. The van der Waals surface area contributed by atoms with Crippen LogP contribution in [0.1, 0.15) is 19.4 Å². The summed E-state index contributed by atoms with van der Waals surface area (Å²) in [5, 5.41) is 7.42. The van der Waals surface area contributed by atoms with E-state index in [1.54, 1.807) is 11.3 Å². The SMILES string of the molecule is CC(C)Oc1ncnc(NCCc2ccsc2)c1N. The molecule has 0 aliphatic heterocycles. The van der Waals surface area contributed by atoms with Gasteiger partial charge in [0.25, 0.3) is 0 Å². The van der Waals surface area contributed by atoms with Gasteiger partial charge < -0.3 is 15.8 Å². The van der Waals surface area contributed by atoms with Crippen molar-refractivity contribution in [1.82, 2.24) is 9.97 Å². The first-order chi connectivity index (χ1) is 9.16. The number of ether oxygens (including phenoxy) is 1. The van der Waals surface area contributed by atoms with E-state index in [2.05, 4.69) is 32.1 Å². The Morgan fingerprint density at radius 3 is 2.95 bits per heavy atom. The fraction of sp³-hybridized carbons (Fsp3) is 0.385. The number of rotatable bonds is 6. The highest BCUT2D eigenvalue weighted by molar-refractivity contribution is 7.07. The van der Waals surface area contributed by atoms with Gasteiger partial charge in [-0.2, -0.15) is 16.3 Å². The van der Waals surface area contributed by atoms with Crippen molar-refractivity contribution in [3.05, 3.63) is 28.7 Å². The fourth-order valence-electron chi connectivity index (χ4n) is 1.60. The summed E-state index contributed by atoms with van der Waals surface area (Å²) in [5.74, 6) is 1.06. The van der Waals surface area contributed by atoms with Crippen LogP contribution >= 0.6 is 11.3 Å². The maximum atomic E-state index is 5.98. The van der Waals surface area contributed by atoms with Crippen LogP contribution in [0.2, 0.25) is 0 Å². The largest absolute Gasteiger partial charge is 0.473 e. The van der Waals surface area contributed by atoms with Crippen LogP contribution < -0.4 is 15.8 Å². The summed E-state index contributed by atoms with van der Waals surface area (Å²) >= 11 is 1.70. The van der Waals surface area contributed by atoms with Crippen molar-refractivity contribution in [3.8, 4) is 5.88 Å². The molecular formula is C13H18N4OS. The van der Waals surface area contributed by atoms with Crippen LogP contribution in [0.15, 0.2) is 23.2 Å².